The van der Waals surface area contributed by atoms with E-state index in [1.165, 1.54) is 6.92 Å². The molecule has 12 nitrogen and oxygen atoms in total. The van der Waals surface area contributed by atoms with E-state index in [2.05, 4.69) is 15.6 Å². The van der Waals surface area contributed by atoms with Gasteiger partial charge < -0.3 is 36.2 Å². The third-order valence-electron chi connectivity index (χ3n) is 4.37. The predicted molar refractivity (Wildman–Crippen MR) is 107 cm³/mol. The molecule has 2 amide bonds. The quantitative estimate of drug-likeness (QED) is 0.181. The molecule has 0 aliphatic carbocycles. The summed E-state index contributed by atoms with van der Waals surface area (Å²) in [7, 11) is 0. The van der Waals surface area contributed by atoms with E-state index >= 15 is 0 Å². The van der Waals surface area contributed by atoms with E-state index in [-0.39, 0.29) is 5.96 Å². The van der Waals surface area contributed by atoms with Gasteiger partial charge in [-0.05, 0) is 18.2 Å². The number of nitrogens with one attached hydrogen (secondary N) is 2. The highest BCUT2D eigenvalue weighted by Gasteiger charge is 2.43. The molecule has 12 heteroatoms. The Kier molecular flexibility index (Phi) is 8.07. The summed E-state index contributed by atoms with van der Waals surface area (Å²) < 4.78 is 5.24. The van der Waals surface area contributed by atoms with Gasteiger partial charge in [0.25, 0.3) is 5.91 Å². The summed E-state index contributed by atoms with van der Waals surface area (Å²) in [5, 5.41) is 43.4. The topological polar surface area (TPSA) is 204 Å². The van der Waals surface area contributed by atoms with Crippen LogP contribution in [-0.4, -0.2) is 81.2 Å². The van der Waals surface area contributed by atoms with Crippen LogP contribution >= 0.6 is 0 Å². The molecule has 0 fully saturated rings. The lowest BCUT2D eigenvalue weighted by Crippen LogP contribution is -2.60. The maximum absolute atomic E-state index is 12.3. The van der Waals surface area contributed by atoms with Crippen molar-refractivity contribution >= 4 is 23.7 Å². The first-order valence-corrected chi connectivity index (χ1v) is 9.19. The number of benzene rings is 1. The summed E-state index contributed by atoms with van der Waals surface area (Å²) in [6.07, 6.45) is -3.91. The highest BCUT2D eigenvalue weighted by atomic mass is 16.5. The normalized spacial score (nSPS) is 23.0. The first kappa shape index (κ1) is 23.8. The van der Waals surface area contributed by atoms with Crippen molar-refractivity contribution < 1.29 is 39.5 Å². The SMILES string of the molecule is CC(=O)N[C@H]1[C@H]([C@H](O)[C@H](O)CO)OC(C(=O)O)=C[C@@H]1N=C(N)NC(=O)c1ccccc1. The van der Waals surface area contributed by atoms with Gasteiger partial charge in [0.2, 0.25) is 11.7 Å². The van der Waals surface area contributed by atoms with Crippen molar-refractivity contribution in [1.29, 1.82) is 0 Å². The van der Waals surface area contributed by atoms with E-state index in [1.807, 2.05) is 0 Å². The molecule has 0 saturated heterocycles. The van der Waals surface area contributed by atoms with Crippen molar-refractivity contribution in [3.05, 3.63) is 47.7 Å². The monoisotopic (exact) mass is 436 g/mol. The van der Waals surface area contributed by atoms with Gasteiger partial charge in [-0.3, -0.25) is 14.9 Å². The first-order chi connectivity index (χ1) is 14.6. The summed E-state index contributed by atoms with van der Waals surface area (Å²) in [5.74, 6) is -3.63. The largest absolute Gasteiger partial charge is 0.478 e. The minimum Gasteiger partial charge on any atom is -0.478 e. The molecule has 0 aromatic heterocycles. The minimum atomic E-state index is -1.78. The van der Waals surface area contributed by atoms with Crippen LogP contribution in [0.5, 0.6) is 0 Å². The molecule has 0 unspecified atom stereocenters. The fourth-order valence-corrected chi connectivity index (χ4v) is 2.93. The van der Waals surface area contributed by atoms with E-state index in [0.717, 1.165) is 6.08 Å². The van der Waals surface area contributed by atoms with Gasteiger partial charge in [-0.2, -0.15) is 0 Å². The summed E-state index contributed by atoms with van der Waals surface area (Å²) in [4.78, 5) is 39.5. The standard InChI is InChI=1S/C19H24N4O8/c1-9(25)21-14-11(22-19(20)23-17(28)10-5-3-2-4-6-10)7-13(18(29)30)31-16(14)15(27)12(26)8-24/h2-7,11-12,14-16,24,26-27H,8H2,1H3,(H,21,25)(H,29,30)(H3,20,22,23,28)/t11-,12+,14+,15+,16+/m0/s1. The smallest absolute Gasteiger partial charge is 0.370 e. The number of hydrogen-bond acceptors (Lipinski definition) is 8. The molecule has 1 aliphatic heterocycles. The lowest BCUT2D eigenvalue weighted by Gasteiger charge is -2.38. The maximum atomic E-state index is 12.3. The highest BCUT2D eigenvalue weighted by molar-refractivity contribution is 6.05. The van der Waals surface area contributed by atoms with E-state index in [1.54, 1.807) is 30.3 Å². The number of amides is 2. The molecule has 1 aromatic rings. The number of rotatable bonds is 7. The zero-order valence-electron chi connectivity index (χ0n) is 16.5. The number of nitrogens with zero attached hydrogens (tertiary/aromatic N) is 1. The fraction of sp³-hybridized carbons (Fsp3) is 0.368. The van der Waals surface area contributed by atoms with Crippen LogP contribution in [0.3, 0.4) is 0 Å². The van der Waals surface area contributed by atoms with Crippen LogP contribution in [0, 0.1) is 0 Å². The molecular weight excluding hydrogens is 412 g/mol. The third kappa shape index (κ3) is 6.25. The number of guanidine groups is 1. The summed E-state index contributed by atoms with van der Waals surface area (Å²) in [6.45, 7) is 0.326. The number of aliphatic hydroxyl groups excluding tert-OH is 3. The molecule has 1 aliphatic rings. The Morgan fingerprint density at radius 3 is 2.42 bits per heavy atom. The fourth-order valence-electron chi connectivity index (χ4n) is 2.93. The van der Waals surface area contributed by atoms with Crippen LogP contribution in [0.1, 0.15) is 17.3 Å². The van der Waals surface area contributed by atoms with Crippen molar-refractivity contribution in [3.8, 4) is 0 Å². The summed E-state index contributed by atoms with van der Waals surface area (Å²) in [5.41, 5.74) is 6.10. The Morgan fingerprint density at radius 1 is 1.23 bits per heavy atom. The number of aliphatic hydroxyl groups is 3. The molecule has 8 N–H and O–H groups in total. The van der Waals surface area contributed by atoms with Gasteiger partial charge in [0.05, 0.1) is 18.7 Å². The van der Waals surface area contributed by atoms with Gasteiger partial charge in [0, 0.05) is 12.5 Å². The Labute approximate surface area is 177 Å². The number of carboxylic acid groups (broad SMARTS) is 1. The second-order valence-corrected chi connectivity index (χ2v) is 6.71. The number of carboxylic acids is 1. The summed E-state index contributed by atoms with van der Waals surface area (Å²) >= 11 is 0. The van der Waals surface area contributed by atoms with Crippen molar-refractivity contribution in [2.45, 2.75) is 37.3 Å². The van der Waals surface area contributed by atoms with Crippen molar-refractivity contribution in [2.75, 3.05) is 6.61 Å². The minimum absolute atomic E-state index is 0.298. The number of hydrogen-bond donors (Lipinski definition) is 7. The average molecular weight is 436 g/mol. The van der Waals surface area contributed by atoms with Crippen LogP contribution in [0.2, 0.25) is 0 Å². The van der Waals surface area contributed by atoms with E-state index in [0.29, 0.717) is 5.56 Å². The number of aliphatic imine (C=N–C) groups is 1. The third-order valence-corrected chi connectivity index (χ3v) is 4.37. The van der Waals surface area contributed by atoms with Gasteiger partial charge in [-0.1, -0.05) is 18.2 Å². The molecule has 0 bridgehead atoms. The molecular formula is C19H24N4O8. The Bertz CT molecular complexity index is 873. The van der Waals surface area contributed by atoms with Crippen molar-refractivity contribution in [1.82, 2.24) is 10.6 Å². The molecule has 1 aromatic carbocycles. The molecule has 5 atom stereocenters. The van der Waals surface area contributed by atoms with Gasteiger partial charge in [-0.15, -0.1) is 0 Å². The van der Waals surface area contributed by atoms with Gasteiger partial charge in [0.15, 0.2) is 5.96 Å². The number of aliphatic carboxylic acids is 1. The number of nitrogens with two attached hydrogens (primary N) is 1. The van der Waals surface area contributed by atoms with Crippen molar-refractivity contribution in [2.24, 2.45) is 10.7 Å². The molecule has 0 radical (unpaired) electrons. The van der Waals surface area contributed by atoms with Gasteiger partial charge in [0.1, 0.15) is 18.3 Å². The Hall–Kier alpha value is -3.48. The molecule has 1 heterocycles. The summed E-state index contributed by atoms with van der Waals surface area (Å²) in [6, 6.07) is 5.74. The van der Waals surface area contributed by atoms with Crippen LogP contribution < -0.4 is 16.4 Å². The zero-order chi connectivity index (χ0) is 23.1. The van der Waals surface area contributed by atoms with E-state index < -0.39 is 60.5 Å². The molecule has 168 valence electrons. The lowest BCUT2D eigenvalue weighted by atomic mass is 9.92. The van der Waals surface area contributed by atoms with Crippen LogP contribution in [-0.2, 0) is 14.3 Å². The number of ether oxygens (including phenoxy) is 1. The second kappa shape index (κ2) is 10.5. The number of carbonyl (C=O) groups is 3. The number of carbonyl (C=O) groups excluding carboxylic acids is 2. The maximum Gasteiger partial charge on any atom is 0.370 e. The first-order valence-electron chi connectivity index (χ1n) is 9.19. The molecule has 0 saturated carbocycles. The van der Waals surface area contributed by atoms with E-state index in [9.17, 15) is 29.7 Å². The van der Waals surface area contributed by atoms with Crippen LogP contribution in [0.4, 0.5) is 0 Å². The van der Waals surface area contributed by atoms with Crippen molar-refractivity contribution in [3.63, 3.8) is 0 Å². The average Bonchev–Trinajstić information content (AvgIpc) is 2.73. The zero-order valence-corrected chi connectivity index (χ0v) is 16.5. The van der Waals surface area contributed by atoms with Crippen LogP contribution in [0.25, 0.3) is 0 Å². The van der Waals surface area contributed by atoms with Gasteiger partial charge in [-0.25, -0.2) is 9.79 Å². The highest BCUT2D eigenvalue weighted by Crippen LogP contribution is 2.25. The van der Waals surface area contributed by atoms with E-state index in [4.69, 9.17) is 15.6 Å². The lowest BCUT2D eigenvalue weighted by molar-refractivity contribution is -0.145. The molecule has 0 spiro atoms. The molecule has 2 rings (SSSR count). The molecule has 31 heavy (non-hydrogen) atoms. The van der Waals surface area contributed by atoms with Crippen LogP contribution in [0.15, 0.2) is 47.2 Å². The van der Waals surface area contributed by atoms with Gasteiger partial charge >= 0.3 is 5.97 Å². The Morgan fingerprint density at radius 2 is 1.87 bits per heavy atom. The Balaban J connectivity index is 2.37. The predicted octanol–water partition coefficient (Wildman–Crippen LogP) is -2.31. The second-order valence-electron chi connectivity index (χ2n) is 6.71.